The minimum atomic E-state index is -3.46. The van der Waals surface area contributed by atoms with E-state index in [1.807, 2.05) is 30.3 Å². The summed E-state index contributed by atoms with van der Waals surface area (Å²) in [6.45, 7) is 0.720. The molecule has 0 unspecified atom stereocenters. The maximum Gasteiger partial charge on any atom is 0.270 e. The summed E-state index contributed by atoms with van der Waals surface area (Å²) in [6, 6.07) is 9.23. The van der Waals surface area contributed by atoms with Gasteiger partial charge >= 0.3 is 0 Å². The zero-order valence-corrected chi connectivity index (χ0v) is 15.9. The number of benzene rings is 1. The highest BCUT2D eigenvalue weighted by Crippen LogP contribution is 2.09. The summed E-state index contributed by atoms with van der Waals surface area (Å²) >= 11 is 1.36. The lowest BCUT2D eigenvalue weighted by atomic mass is 10.2. The zero-order valence-electron chi connectivity index (χ0n) is 13.5. The number of halogens is 1. The van der Waals surface area contributed by atoms with Crippen LogP contribution in [0.15, 0.2) is 35.7 Å². The summed E-state index contributed by atoms with van der Waals surface area (Å²) in [6.07, 6.45) is 0.621. The van der Waals surface area contributed by atoms with E-state index in [2.05, 4.69) is 15.0 Å². The van der Waals surface area contributed by atoms with Crippen LogP contribution in [0.2, 0.25) is 0 Å². The zero-order chi connectivity index (χ0) is 17.4. The van der Waals surface area contributed by atoms with Gasteiger partial charge in [-0.3, -0.25) is 4.79 Å². The summed E-state index contributed by atoms with van der Waals surface area (Å²) in [5.41, 5.74) is 6.60. The molecule has 0 spiro atoms. The van der Waals surface area contributed by atoms with Gasteiger partial charge in [0.2, 0.25) is 10.0 Å². The first-order valence-electron chi connectivity index (χ1n) is 7.44. The van der Waals surface area contributed by atoms with E-state index in [1.54, 1.807) is 5.38 Å². The molecule has 0 atom stereocenters. The molecule has 10 heteroatoms. The number of nitrogens with one attached hydrogen (secondary N) is 2. The molecule has 0 fully saturated rings. The monoisotopic (exact) mass is 404 g/mol. The van der Waals surface area contributed by atoms with E-state index in [-0.39, 0.29) is 42.9 Å². The summed E-state index contributed by atoms with van der Waals surface area (Å²) in [5.74, 6) is -0.571. The lowest BCUT2D eigenvalue weighted by Crippen LogP contribution is -2.34. The molecule has 1 heterocycles. The van der Waals surface area contributed by atoms with Gasteiger partial charge in [0.1, 0.15) is 5.69 Å². The molecule has 7 nitrogen and oxygen atoms in total. The van der Waals surface area contributed by atoms with Gasteiger partial charge in [-0.25, -0.2) is 18.1 Å². The molecule has 0 aliphatic heterocycles. The first-order valence-corrected chi connectivity index (χ1v) is 9.97. The summed E-state index contributed by atoms with van der Waals surface area (Å²) in [7, 11) is -3.46. The first-order chi connectivity index (χ1) is 11.5. The van der Waals surface area contributed by atoms with Gasteiger partial charge in [0.05, 0.1) is 10.8 Å². The van der Waals surface area contributed by atoms with Crippen LogP contribution in [0.1, 0.15) is 21.1 Å². The number of aromatic nitrogens is 1. The Hall–Kier alpha value is -1.52. The quantitative estimate of drug-likeness (QED) is 0.574. The van der Waals surface area contributed by atoms with Crippen molar-refractivity contribution >= 4 is 39.7 Å². The van der Waals surface area contributed by atoms with Gasteiger partial charge in [0.25, 0.3) is 5.91 Å². The molecule has 1 aromatic heterocycles. The number of hydrogen-bond acceptors (Lipinski definition) is 6. The Balaban J connectivity index is 0.00000312. The van der Waals surface area contributed by atoms with Gasteiger partial charge in [-0.15, -0.1) is 23.7 Å². The Bertz CT molecular complexity index is 766. The van der Waals surface area contributed by atoms with Crippen molar-refractivity contribution in [2.75, 3.05) is 18.8 Å². The third kappa shape index (κ3) is 7.49. The van der Waals surface area contributed by atoms with E-state index >= 15 is 0 Å². The van der Waals surface area contributed by atoms with E-state index in [1.165, 1.54) is 11.3 Å². The number of nitrogens with two attached hydrogens (primary N) is 1. The molecule has 2 aromatic rings. The van der Waals surface area contributed by atoms with E-state index in [0.717, 1.165) is 10.6 Å². The summed E-state index contributed by atoms with van der Waals surface area (Å²) in [4.78, 5) is 16.1. The number of hydrogen-bond donors (Lipinski definition) is 3. The van der Waals surface area contributed by atoms with Crippen LogP contribution in [0.4, 0.5) is 0 Å². The number of carbonyl (C=O) groups excluding carboxylic acids is 1. The molecule has 0 bridgehead atoms. The molecule has 0 aliphatic carbocycles. The Morgan fingerprint density at radius 3 is 2.64 bits per heavy atom. The lowest BCUT2D eigenvalue weighted by Gasteiger charge is -2.07. The van der Waals surface area contributed by atoms with Crippen LogP contribution in [0.3, 0.4) is 0 Å². The Labute approximate surface area is 157 Å². The van der Waals surface area contributed by atoms with Crippen molar-refractivity contribution in [3.05, 3.63) is 52.0 Å². The second-order valence-electron chi connectivity index (χ2n) is 5.05. The molecule has 25 heavy (non-hydrogen) atoms. The maximum atomic E-state index is 11.9. The number of rotatable bonds is 9. The Morgan fingerprint density at radius 2 is 1.96 bits per heavy atom. The second-order valence-corrected chi connectivity index (χ2v) is 7.92. The molecule has 0 saturated carbocycles. The van der Waals surface area contributed by atoms with Gasteiger partial charge in [0.15, 0.2) is 0 Å². The van der Waals surface area contributed by atoms with Crippen molar-refractivity contribution in [3.8, 4) is 0 Å². The van der Waals surface area contributed by atoms with Crippen molar-refractivity contribution < 1.29 is 13.2 Å². The molecule has 4 N–H and O–H groups in total. The lowest BCUT2D eigenvalue weighted by molar-refractivity contribution is 0.0951. The molecule has 1 amide bonds. The van der Waals surface area contributed by atoms with Crippen LogP contribution in [0.25, 0.3) is 0 Å². The van der Waals surface area contributed by atoms with E-state index in [0.29, 0.717) is 13.0 Å². The smallest absolute Gasteiger partial charge is 0.270 e. The molecule has 0 radical (unpaired) electrons. The van der Waals surface area contributed by atoms with Crippen LogP contribution in [-0.2, 0) is 23.0 Å². The van der Waals surface area contributed by atoms with Gasteiger partial charge in [0, 0.05) is 24.9 Å². The van der Waals surface area contributed by atoms with E-state index in [9.17, 15) is 13.2 Å². The van der Waals surface area contributed by atoms with Gasteiger partial charge in [-0.1, -0.05) is 30.3 Å². The SMILES string of the molecule is Cl.NCCc1nc(C(=O)NCCS(=O)(=O)NCc2ccccc2)cs1. The molecular formula is C15H21ClN4O3S2. The molecule has 1 aromatic carbocycles. The summed E-state index contributed by atoms with van der Waals surface area (Å²) < 4.78 is 26.3. The highest BCUT2D eigenvalue weighted by molar-refractivity contribution is 7.89. The highest BCUT2D eigenvalue weighted by Gasteiger charge is 2.13. The largest absolute Gasteiger partial charge is 0.350 e. The number of carbonyl (C=O) groups is 1. The fourth-order valence-corrected chi connectivity index (χ4v) is 3.60. The predicted octanol–water partition coefficient (Wildman–Crippen LogP) is 0.916. The van der Waals surface area contributed by atoms with Gasteiger partial charge in [-0.05, 0) is 12.1 Å². The van der Waals surface area contributed by atoms with Crippen molar-refractivity contribution in [1.29, 1.82) is 0 Å². The maximum absolute atomic E-state index is 11.9. The number of sulfonamides is 1. The third-order valence-electron chi connectivity index (χ3n) is 3.14. The molecule has 0 aliphatic rings. The molecule has 138 valence electrons. The van der Waals surface area contributed by atoms with Crippen molar-refractivity contribution in [2.24, 2.45) is 5.73 Å². The number of thiazole rings is 1. The van der Waals surface area contributed by atoms with Crippen LogP contribution < -0.4 is 15.8 Å². The minimum Gasteiger partial charge on any atom is -0.350 e. The van der Waals surface area contributed by atoms with Crippen molar-refractivity contribution in [1.82, 2.24) is 15.0 Å². The van der Waals surface area contributed by atoms with Crippen LogP contribution >= 0.6 is 23.7 Å². The summed E-state index contributed by atoms with van der Waals surface area (Å²) in [5, 5.41) is 5.00. The van der Waals surface area contributed by atoms with Crippen molar-refractivity contribution in [2.45, 2.75) is 13.0 Å². The average molecular weight is 405 g/mol. The third-order valence-corrected chi connectivity index (χ3v) is 5.37. The fourth-order valence-electron chi connectivity index (χ4n) is 1.90. The molecule has 2 rings (SSSR count). The fraction of sp³-hybridized carbons (Fsp3) is 0.333. The predicted molar refractivity (Wildman–Crippen MR) is 102 cm³/mol. The normalized spacial score (nSPS) is 10.9. The Morgan fingerprint density at radius 1 is 1.24 bits per heavy atom. The van der Waals surface area contributed by atoms with Gasteiger partial charge in [-0.2, -0.15) is 0 Å². The van der Waals surface area contributed by atoms with Gasteiger partial charge < -0.3 is 11.1 Å². The van der Waals surface area contributed by atoms with E-state index in [4.69, 9.17) is 5.73 Å². The van der Waals surface area contributed by atoms with Crippen LogP contribution in [0.5, 0.6) is 0 Å². The van der Waals surface area contributed by atoms with E-state index < -0.39 is 10.0 Å². The highest BCUT2D eigenvalue weighted by atomic mass is 35.5. The minimum absolute atomic E-state index is 0. The standard InChI is InChI=1S/C15H20N4O3S2.ClH/c16-7-6-14-19-13(11-23-14)15(20)17-8-9-24(21,22)18-10-12-4-2-1-3-5-12;/h1-5,11,18H,6-10,16H2,(H,17,20);1H. The van der Waals surface area contributed by atoms with Crippen LogP contribution in [-0.4, -0.2) is 38.2 Å². The Kier molecular flexibility index (Phi) is 9.01. The number of nitrogens with zero attached hydrogens (tertiary/aromatic N) is 1. The van der Waals surface area contributed by atoms with Crippen molar-refractivity contribution in [3.63, 3.8) is 0 Å². The molecule has 0 saturated heterocycles. The molecular weight excluding hydrogens is 384 g/mol. The topological polar surface area (TPSA) is 114 Å². The average Bonchev–Trinajstić information content (AvgIpc) is 3.03. The second kappa shape index (κ2) is 10.5. The van der Waals surface area contributed by atoms with Crippen LogP contribution in [0, 0.1) is 0 Å². The number of amides is 1. The first kappa shape index (κ1) is 21.5.